The molecule has 2 aromatic carbocycles. The van der Waals surface area contributed by atoms with Crippen molar-refractivity contribution in [1.82, 2.24) is 4.98 Å². The van der Waals surface area contributed by atoms with E-state index in [0.717, 1.165) is 33.3 Å². The first-order valence-corrected chi connectivity index (χ1v) is 7.07. The van der Waals surface area contributed by atoms with Crippen LogP contribution in [0.1, 0.15) is 0 Å². The lowest BCUT2D eigenvalue weighted by Gasteiger charge is -2.18. The van der Waals surface area contributed by atoms with Crippen molar-refractivity contribution in [3.63, 3.8) is 0 Å². The summed E-state index contributed by atoms with van der Waals surface area (Å²) in [6.45, 7) is 1.32. The minimum absolute atomic E-state index is 0.211. The average molecular weight is 299 g/mol. The smallest absolute Gasteiger partial charge is 0.231 e. The Morgan fingerprint density at radius 3 is 2.73 bits per heavy atom. The Morgan fingerprint density at radius 2 is 1.82 bits per heavy atom. The van der Waals surface area contributed by atoms with Gasteiger partial charge in [-0.3, -0.25) is 0 Å². The molecular weight excluding hydrogens is 286 g/mol. The van der Waals surface area contributed by atoms with Gasteiger partial charge in [-0.15, -0.1) is 0 Å². The second-order valence-corrected chi connectivity index (χ2v) is 5.20. The minimum Gasteiger partial charge on any atom is -0.491 e. The molecule has 0 fully saturated rings. The van der Waals surface area contributed by atoms with Crippen molar-refractivity contribution in [2.24, 2.45) is 0 Å². The van der Waals surface area contributed by atoms with Gasteiger partial charge in [-0.25, -0.2) is 0 Å². The van der Waals surface area contributed by atoms with E-state index in [0.29, 0.717) is 30.5 Å². The topological polar surface area (TPSA) is 61.9 Å². The number of nitrogens with one attached hydrogen (secondary N) is 1. The molecule has 0 aliphatic carbocycles. The molecule has 1 aromatic heterocycles. The first-order chi connectivity index (χ1) is 10.9. The zero-order valence-electron chi connectivity index (χ0n) is 11.9. The Kier molecular flexibility index (Phi) is 2.22. The number of benzene rings is 2. The summed E-state index contributed by atoms with van der Waals surface area (Å²) in [7, 11) is 1.62. The fraction of sp³-hybridized carbons (Fsp3) is 0.250. The molecule has 0 bridgehead atoms. The molecular formula is C16H13NO5. The molecule has 3 aromatic rings. The normalized spacial score (nSPS) is 15.5. The molecule has 0 saturated heterocycles. The van der Waals surface area contributed by atoms with E-state index in [4.69, 9.17) is 23.7 Å². The van der Waals surface area contributed by atoms with Crippen LogP contribution in [-0.4, -0.2) is 32.1 Å². The quantitative estimate of drug-likeness (QED) is 0.748. The minimum atomic E-state index is 0.211. The monoisotopic (exact) mass is 299 g/mol. The molecule has 1 N–H and O–H groups in total. The van der Waals surface area contributed by atoms with Crippen molar-refractivity contribution in [2.75, 3.05) is 27.1 Å². The summed E-state index contributed by atoms with van der Waals surface area (Å²) < 4.78 is 28.0. The predicted octanol–water partition coefficient (Wildman–Crippen LogP) is 2.83. The van der Waals surface area contributed by atoms with Gasteiger partial charge in [0.1, 0.15) is 13.2 Å². The van der Waals surface area contributed by atoms with Crippen molar-refractivity contribution in [1.29, 1.82) is 0 Å². The van der Waals surface area contributed by atoms with E-state index in [9.17, 15) is 0 Å². The molecule has 112 valence electrons. The highest BCUT2D eigenvalue weighted by Gasteiger charge is 2.26. The number of aromatic nitrogens is 1. The zero-order chi connectivity index (χ0) is 14.7. The maximum Gasteiger partial charge on any atom is 0.231 e. The summed E-state index contributed by atoms with van der Waals surface area (Å²) in [5.41, 5.74) is 1.76. The van der Waals surface area contributed by atoms with Crippen LogP contribution in [0.15, 0.2) is 18.2 Å². The summed E-state index contributed by atoms with van der Waals surface area (Å²) in [6, 6.07) is 5.92. The molecule has 3 heterocycles. The molecule has 0 spiro atoms. The third-order valence-electron chi connectivity index (χ3n) is 4.07. The van der Waals surface area contributed by atoms with Gasteiger partial charge in [0.15, 0.2) is 23.0 Å². The van der Waals surface area contributed by atoms with Gasteiger partial charge >= 0.3 is 0 Å². The van der Waals surface area contributed by atoms with Gasteiger partial charge in [0.2, 0.25) is 12.5 Å². The van der Waals surface area contributed by atoms with Crippen molar-refractivity contribution < 1.29 is 23.7 Å². The van der Waals surface area contributed by atoms with Gasteiger partial charge in [0.25, 0.3) is 0 Å². The Labute approximate surface area is 125 Å². The maximum atomic E-state index is 5.78. The van der Waals surface area contributed by atoms with Crippen molar-refractivity contribution in [3.8, 4) is 28.7 Å². The fourth-order valence-corrected chi connectivity index (χ4v) is 3.13. The summed E-state index contributed by atoms with van der Waals surface area (Å²) in [4.78, 5) is 3.39. The summed E-state index contributed by atoms with van der Waals surface area (Å²) in [5, 5.41) is 2.05. The zero-order valence-corrected chi connectivity index (χ0v) is 11.9. The standard InChI is InChI=1S/C16H13NO5/c1-18-16-13-9(6-11-15(16)22-7-21-11)8-2-3-10-14(12(8)17-13)20-5-4-19-10/h2-3,6,17H,4-5,7H2,1H3. The van der Waals surface area contributed by atoms with E-state index >= 15 is 0 Å². The number of ether oxygens (including phenoxy) is 5. The van der Waals surface area contributed by atoms with Gasteiger partial charge in [0, 0.05) is 10.8 Å². The number of aromatic amines is 1. The number of hydrogen-bond donors (Lipinski definition) is 1. The van der Waals surface area contributed by atoms with Gasteiger partial charge in [-0.2, -0.15) is 0 Å². The molecule has 2 aliphatic rings. The summed E-state index contributed by atoms with van der Waals surface area (Å²) >= 11 is 0. The number of methoxy groups -OCH3 is 1. The third kappa shape index (κ3) is 1.39. The van der Waals surface area contributed by atoms with Crippen LogP contribution >= 0.6 is 0 Å². The highest BCUT2D eigenvalue weighted by Crippen LogP contribution is 2.49. The second-order valence-electron chi connectivity index (χ2n) is 5.20. The Hall–Kier alpha value is -2.76. The second kappa shape index (κ2) is 4.13. The predicted molar refractivity (Wildman–Crippen MR) is 79.5 cm³/mol. The average Bonchev–Trinajstić information content (AvgIpc) is 3.16. The lowest BCUT2D eigenvalue weighted by atomic mass is 10.1. The van der Waals surface area contributed by atoms with Crippen LogP contribution in [0.25, 0.3) is 21.8 Å². The summed E-state index contributed by atoms with van der Waals surface area (Å²) in [6.07, 6.45) is 0. The number of fused-ring (bicyclic) bond motifs is 6. The van der Waals surface area contributed by atoms with Crippen molar-refractivity contribution in [2.45, 2.75) is 0 Å². The van der Waals surface area contributed by atoms with E-state index in [2.05, 4.69) is 4.98 Å². The molecule has 2 aliphatic heterocycles. The Bertz CT molecular complexity index is 914. The highest BCUT2D eigenvalue weighted by atomic mass is 16.7. The Morgan fingerprint density at radius 1 is 0.909 bits per heavy atom. The first-order valence-electron chi connectivity index (χ1n) is 7.07. The van der Waals surface area contributed by atoms with Crippen LogP contribution < -0.4 is 23.7 Å². The maximum absolute atomic E-state index is 5.78. The van der Waals surface area contributed by atoms with E-state index in [-0.39, 0.29) is 6.79 Å². The van der Waals surface area contributed by atoms with E-state index in [1.54, 1.807) is 7.11 Å². The van der Waals surface area contributed by atoms with E-state index < -0.39 is 0 Å². The fourth-order valence-electron chi connectivity index (χ4n) is 3.13. The SMILES string of the molecule is COc1c2c(cc3c1[nH]c1c4c(ccc13)OCCO4)OCO2. The van der Waals surface area contributed by atoms with Gasteiger partial charge in [-0.1, -0.05) is 0 Å². The van der Waals surface area contributed by atoms with Crippen LogP contribution in [0.2, 0.25) is 0 Å². The van der Waals surface area contributed by atoms with Gasteiger partial charge in [0.05, 0.1) is 18.1 Å². The molecule has 6 nitrogen and oxygen atoms in total. The molecule has 0 amide bonds. The number of rotatable bonds is 1. The van der Waals surface area contributed by atoms with Gasteiger partial charge in [-0.05, 0) is 18.2 Å². The van der Waals surface area contributed by atoms with Crippen LogP contribution in [0.5, 0.6) is 28.7 Å². The van der Waals surface area contributed by atoms with E-state index in [1.165, 1.54) is 0 Å². The van der Waals surface area contributed by atoms with E-state index in [1.807, 2.05) is 18.2 Å². The molecule has 0 atom stereocenters. The summed E-state index contributed by atoms with van der Waals surface area (Å²) in [5.74, 6) is 3.47. The lowest BCUT2D eigenvalue weighted by Crippen LogP contribution is -2.15. The third-order valence-corrected chi connectivity index (χ3v) is 4.07. The number of H-pyrrole nitrogens is 1. The molecule has 0 radical (unpaired) electrons. The lowest BCUT2D eigenvalue weighted by molar-refractivity contribution is 0.171. The van der Waals surface area contributed by atoms with Crippen LogP contribution in [0.4, 0.5) is 0 Å². The van der Waals surface area contributed by atoms with Crippen molar-refractivity contribution >= 4 is 21.8 Å². The largest absolute Gasteiger partial charge is 0.491 e. The van der Waals surface area contributed by atoms with Crippen LogP contribution in [-0.2, 0) is 0 Å². The first kappa shape index (κ1) is 11.9. The Balaban J connectivity index is 1.91. The van der Waals surface area contributed by atoms with Gasteiger partial charge < -0.3 is 28.7 Å². The van der Waals surface area contributed by atoms with Crippen LogP contribution in [0.3, 0.4) is 0 Å². The highest BCUT2D eigenvalue weighted by molar-refractivity contribution is 6.13. The molecule has 0 saturated carbocycles. The van der Waals surface area contributed by atoms with Crippen LogP contribution in [0, 0.1) is 0 Å². The van der Waals surface area contributed by atoms with Crippen molar-refractivity contribution in [3.05, 3.63) is 18.2 Å². The molecule has 22 heavy (non-hydrogen) atoms. The molecule has 6 heteroatoms. The number of hydrogen-bond acceptors (Lipinski definition) is 5. The molecule has 5 rings (SSSR count). The molecule has 0 unspecified atom stereocenters.